The zero-order chi connectivity index (χ0) is 21.3. The molecule has 1 aromatic heterocycles. The first kappa shape index (κ1) is 20.4. The molecule has 0 saturated heterocycles. The standard InChI is InChI=1S/C23H24ClN3O3/c1-3-5-13-26-21(28)19(22(29)30-4-2)20(15-9-8-10-16(24)14-15)27-18-12-7-6-11-17(18)25-23(26)27/h6-12,14,19-20H,3-5,13H2,1-2H3/t19-,20-/m0/s1. The van der Waals surface area contributed by atoms with Crippen molar-refractivity contribution in [1.82, 2.24) is 9.55 Å². The molecule has 2 aromatic carbocycles. The monoisotopic (exact) mass is 425 g/mol. The fourth-order valence-corrected chi connectivity index (χ4v) is 4.27. The molecule has 2 heterocycles. The van der Waals surface area contributed by atoms with Gasteiger partial charge in [0.2, 0.25) is 11.9 Å². The molecule has 1 amide bonds. The van der Waals surface area contributed by atoms with E-state index in [2.05, 4.69) is 6.92 Å². The molecular weight excluding hydrogens is 402 g/mol. The molecule has 156 valence electrons. The summed E-state index contributed by atoms with van der Waals surface area (Å²) in [5.74, 6) is -1.27. The maximum Gasteiger partial charge on any atom is 0.321 e. The summed E-state index contributed by atoms with van der Waals surface area (Å²) in [6.07, 6.45) is 1.73. The van der Waals surface area contributed by atoms with Gasteiger partial charge in [0.05, 0.1) is 23.7 Å². The third kappa shape index (κ3) is 3.45. The fourth-order valence-electron chi connectivity index (χ4n) is 4.07. The molecular formula is C23H24ClN3O3. The lowest BCUT2D eigenvalue weighted by Gasteiger charge is -2.38. The van der Waals surface area contributed by atoms with Crippen LogP contribution in [0.25, 0.3) is 11.0 Å². The van der Waals surface area contributed by atoms with E-state index < -0.39 is 17.9 Å². The zero-order valence-corrected chi connectivity index (χ0v) is 17.8. The van der Waals surface area contributed by atoms with Crippen LogP contribution in [0.5, 0.6) is 0 Å². The zero-order valence-electron chi connectivity index (χ0n) is 17.0. The lowest BCUT2D eigenvalue weighted by molar-refractivity contribution is -0.153. The van der Waals surface area contributed by atoms with Crippen molar-refractivity contribution in [3.63, 3.8) is 0 Å². The molecule has 6 nitrogen and oxygen atoms in total. The van der Waals surface area contributed by atoms with Crippen LogP contribution >= 0.6 is 11.6 Å². The van der Waals surface area contributed by atoms with Gasteiger partial charge in [-0.05, 0) is 43.2 Å². The van der Waals surface area contributed by atoms with Crippen LogP contribution in [0.2, 0.25) is 5.02 Å². The summed E-state index contributed by atoms with van der Waals surface area (Å²) in [6, 6.07) is 14.4. The van der Waals surface area contributed by atoms with Crippen molar-refractivity contribution in [2.45, 2.75) is 32.7 Å². The molecule has 1 aliphatic rings. The molecule has 0 aliphatic carbocycles. The molecule has 0 bridgehead atoms. The first-order valence-corrected chi connectivity index (χ1v) is 10.6. The maximum atomic E-state index is 13.6. The van der Waals surface area contributed by atoms with Gasteiger partial charge in [-0.3, -0.25) is 14.5 Å². The number of rotatable bonds is 6. The van der Waals surface area contributed by atoms with E-state index in [4.69, 9.17) is 21.3 Å². The van der Waals surface area contributed by atoms with E-state index in [9.17, 15) is 9.59 Å². The quantitative estimate of drug-likeness (QED) is 0.427. The number of carbonyl (C=O) groups excluding carboxylic acids is 2. The molecule has 3 aromatic rings. The van der Waals surface area contributed by atoms with Crippen LogP contribution in [0.1, 0.15) is 38.3 Å². The first-order chi connectivity index (χ1) is 14.6. The Hall–Kier alpha value is -2.86. The predicted molar refractivity (Wildman–Crippen MR) is 117 cm³/mol. The summed E-state index contributed by atoms with van der Waals surface area (Å²) in [7, 11) is 0. The number of para-hydroxylation sites is 2. The van der Waals surface area contributed by atoms with E-state index >= 15 is 0 Å². The molecule has 0 N–H and O–H groups in total. The van der Waals surface area contributed by atoms with Crippen molar-refractivity contribution in [2.75, 3.05) is 18.1 Å². The molecule has 1 aliphatic heterocycles. The van der Waals surface area contributed by atoms with Gasteiger partial charge in [-0.1, -0.05) is 49.2 Å². The Kier molecular flexibility index (Phi) is 5.77. The minimum absolute atomic E-state index is 0.206. The maximum absolute atomic E-state index is 13.6. The fraction of sp³-hybridized carbons (Fsp3) is 0.348. The number of benzene rings is 2. The number of nitrogens with zero attached hydrogens (tertiary/aromatic N) is 3. The van der Waals surface area contributed by atoms with E-state index in [1.54, 1.807) is 24.0 Å². The van der Waals surface area contributed by atoms with Crippen molar-refractivity contribution < 1.29 is 14.3 Å². The lowest BCUT2D eigenvalue weighted by Crippen LogP contribution is -2.50. The number of amides is 1. The minimum atomic E-state index is -1.01. The van der Waals surface area contributed by atoms with Crippen LogP contribution < -0.4 is 4.90 Å². The number of halogens is 1. The Morgan fingerprint density at radius 1 is 1.17 bits per heavy atom. The third-order valence-corrected chi connectivity index (χ3v) is 5.65. The van der Waals surface area contributed by atoms with E-state index in [0.29, 0.717) is 17.5 Å². The summed E-state index contributed by atoms with van der Waals surface area (Å²) in [5.41, 5.74) is 2.41. The van der Waals surface area contributed by atoms with Crippen LogP contribution in [0.15, 0.2) is 48.5 Å². The van der Waals surface area contributed by atoms with Crippen LogP contribution in [0.3, 0.4) is 0 Å². The Morgan fingerprint density at radius 3 is 2.70 bits per heavy atom. The summed E-state index contributed by atoms with van der Waals surface area (Å²) < 4.78 is 7.32. The number of anilines is 1. The molecule has 30 heavy (non-hydrogen) atoms. The SMILES string of the molecule is CCCCN1C(=O)[C@@H](C(=O)OCC)[C@H](c2cccc(Cl)c2)n2c1nc1ccccc12. The Bertz CT molecular complexity index is 1090. The molecule has 2 atom stereocenters. The number of aromatic nitrogens is 2. The lowest BCUT2D eigenvalue weighted by atomic mass is 9.89. The topological polar surface area (TPSA) is 64.4 Å². The van der Waals surface area contributed by atoms with Crippen LogP contribution in [-0.4, -0.2) is 34.6 Å². The van der Waals surface area contributed by atoms with Gasteiger partial charge < -0.3 is 9.30 Å². The van der Waals surface area contributed by atoms with Gasteiger partial charge in [-0.25, -0.2) is 4.98 Å². The highest BCUT2D eigenvalue weighted by atomic mass is 35.5. The first-order valence-electron chi connectivity index (χ1n) is 10.3. The number of unbranched alkanes of at least 4 members (excludes halogenated alkanes) is 1. The van der Waals surface area contributed by atoms with E-state index in [0.717, 1.165) is 29.4 Å². The molecule has 0 unspecified atom stereocenters. The van der Waals surface area contributed by atoms with Gasteiger partial charge in [-0.15, -0.1) is 0 Å². The highest BCUT2D eigenvalue weighted by Gasteiger charge is 2.47. The van der Waals surface area contributed by atoms with Crippen molar-refractivity contribution in [3.8, 4) is 0 Å². The summed E-state index contributed by atoms with van der Waals surface area (Å²) in [5, 5.41) is 0.543. The molecule has 7 heteroatoms. The van der Waals surface area contributed by atoms with Gasteiger partial charge in [0, 0.05) is 11.6 Å². The summed E-state index contributed by atoms with van der Waals surface area (Å²) in [4.78, 5) is 33.0. The molecule has 4 rings (SSSR count). The van der Waals surface area contributed by atoms with Gasteiger partial charge in [0.25, 0.3) is 0 Å². The molecule has 0 fully saturated rings. The second-order valence-corrected chi connectivity index (χ2v) is 7.78. The van der Waals surface area contributed by atoms with E-state index in [1.165, 1.54) is 0 Å². The number of hydrogen-bond donors (Lipinski definition) is 0. The van der Waals surface area contributed by atoms with Crippen molar-refractivity contribution in [3.05, 3.63) is 59.1 Å². The number of ether oxygens (including phenoxy) is 1. The third-order valence-electron chi connectivity index (χ3n) is 5.41. The number of fused-ring (bicyclic) bond motifs is 3. The number of carbonyl (C=O) groups is 2. The molecule has 0 spiro atoms. The van der Waals surface area contributed by atoms with Gasteiger partial charge in [0.1, 0.15) is 0 Å². The van der Waals surface area contributed by atoms with Crippen molar-refractivity contribution in [2.24, 2.45) is 5.92 Å². The van der Waals surface area contributed by atoms with Crippen molar-refractivity contribution in [1.29, 1.82) is 0 Å². The molecule has 0 radical (unpaired) electrons. The van der Waals surface area contributed by atoms with Gasteiger partial charge in [-0.2, -0.15) is 0 Å². The smallest absolute Gasteiger partial charge is 0.321 e. The second-order valence-electron chi connectivity index (χ2n) is 7.34. The van der Waals surface area contributed by atoms with Crippen LogP contribution in [0.4, 0.5) is 5.95 Å². The van der Waals surface area contributed by atoms with Gasteiger partial charge >= 0.3 is 5.97 Å². The summed E-state index contributed by atoms with van der Waals surface area (Å²) >= 11 is 6.27. The second kappa shape index (κ2) is 8.48. The number of hydrogen-bond acceptors (Lipinski definition) is 4. The number of esters is 1. The van der Waals surface area contributed by atoms with Gasteiger partial charge in [0.15, 0.2) is 5.92 Å². The Labute approximate surface area is 180 Å². The predicted octanol–water partition coefficient (Wildman–Crippen LogP) is 4.61. The van der Waals surface area contributed by atoms with Crippen LogP contribution in [-0.2, 0) is 14.3 Å². The summed E-state index contributed by atoms with van der Waals surface area (Å²) in [6.45, 7) is 4.51. The largest absolute Gasteiger partial charge is 0.465 e. The minimum Gasteiger partial charge on any atom is -0.465 e. The van der Waals surface area contributed by atoms with E-state index in [-0.39, 0.29) is 12.5 Å². The Balaban J connectivity index is 1.98. The highest BCUT2D eigenvalue weighted by molar-refractivity contribution is 6.30. The molecule has 0 saturated carbocycles. The Morgan fingerprint density at radius 2 is 1.97 bits per heavy atom. The van der Waals surface area contributed by atoms with E-state index in [1.807, 2.05) is 41.0 Å². The average Bonchev–Trinajstić information content (AvgIpc) is 3.11. The normalized spacial score (nSPS) is 18.5. The highest BCUT2D eigenvalue weighted by Crippen LogP contribution is 2.41. The average molecular weight is 426 g/mol. The number of imidazole rings is 1. The van der Waals surface area contributed by atoms with Crippen LogP contribution in [0, 0.1) is 5.92 Å². The van der Waals surface area contributed by atoms with Crippen molar-refractivity contribution >= 4 is 40.5 Å².